The van der Waals surface area contributed by atoms with E-state index >= 15 is 0 Å². The van der Waals surface area contributed by atoms with Crippen molar-refractivity contribution in [2.45, 2.75) is 0 Å². The van der Waals surface area contributed by atoms with Gasteiger partial charge in [-0.15, -0.1) is 0 Å². The number of benzene rings is 3. The van der Waals surface area contributed by atoms with Crippen molar-refractivity contribution in [1.82, 2.24) is 0 Å². The fourth-order valence-electron chi connectivity index (χ4n) is 2.40. The Labute approximate surface area is 163 Å². The highest BCUT2D eigenvalue weighted by Crippen LogP contribution is 2.31. The van der Waals surface area contributed by atoms with E-state index < -0.39 is 17.6 Å². The highest BCUT2D eigenvalue weighted by molar-refractivity contribution is 9.10. The minimum atomic E-state index is -1.34. The molecule has 0 bridgehead atoms. The Morgan fingerprint density at radius 2 is 1.70 bits per heavy atom. The van der Waals surface area contributed by atoms with Crippen LogP contribution in [0.4, 0.5) is 5.69 Å². The summed E-state index contributed by atoms with van der Waals surface area (Å²) >= 11 is 3.38. The Hall–Kier alpha value is -3.32. The highest BCUT2D eigenvalue weighted by Gasteiger charge is 2.18. The van der Waals surface area contributed by atoms with E-state index in [1.807, 2.05) is 18.2 Å². The summed E-state index contributed by atoms with van der Waals surface area (Å²) in [6, 6.07) is 17.9. The normalized spacial score (nSPS) is 10.3. The molecule has 3 N–H and O–H groups in total. The zero-order chi connectivity index (χ0) is 19.4. The lowest BCUT2D eigenvalue weighted by atomic mass is 10.1. The molecular formula is C20H14BrNO5. The number of aromatic hydroxyl groups is 1. The van der Waals surface area contributed by atoms with Gasteiger partial charge in [0.15, 0.2) is 0 Å². The number of nitrogens with one attached hydrogen (secondary N) is 1. The van der Waals surface area contributed by atoms with Crippen LogP contribution in [-0.2, 0) is 0 Å². The maximum Gasteiger partial charge on any atom is 0.341 e. The van der Waals surface area contributed by atoms with Crippen LogP contribution in [0.1, 0.15) is 20.7 Å². The molecule has 0 spiro atoms. The second-order valence-corrected chi connectivity index (χ2v) is 6.37. The zero-order valence-corrected chi connectivity index (χ0v) is 15.4. The minimum absolute atomic E-state index is 0.000876. The number of halogens is 1. The van der Waals surface area contributed by atoms with Gasteiger partial charge in [-0.05, 0) is 58.4 Å². The van der Waals surface area contributed by atoms with Crippen LogP contribution < -0.4 is 10.1 Å². The quantitative estimate of drug-likeness (QED) is 0.538. The molecule has 0 aliphatic carbocycles. The zero-order valence-electron chi connectivity index (χ0n) is 13.8. The van der Waals surface area contributed by atoms with Crippen LogP contribution >= 0.6 is 15.9 Å². The maximum atomic E-state index is 12.6. The number of amides is 1. The van der Waals surface area contributed by atoms with Gasteiger partial charge in [-0.25, -0.2) is 4.79 Å². The number of para-hydroxylation sites is 1. The molecule has 0 radical (unpaired) electrons. The molecule has 0 heterocycles. The fourth-order valence-corrected chi connectivity index (χ4v) is 2.73. The monoisotopic (exact) mass is 427 g/mol. The number of hydrogen-bond donors (Lipinski definition) is 3. The van der Waals surface area contributed by atoms with Gasteiger partial charge in [-0.1, -0.05) is 24.3 Å². The third-order valence-electron chi connectivity index (χ3n) is 3.67. The predicted molar refractivity (Wildman–Crippen MR) is 104 cm³/mol. The van der Waals surface area contributed by atoms with Gasteiger partial charge < -0.3 is 20.3 Å². The first-order chi connectivity index (χ1) is 13.0. The maximum absolute atomic E-state index is 12.6. The van der Waals surface area contributed by atoms with E-state index in [4.69, 9.17) is 4.74 Å². The van der Waals surface area contributed by atoms with Gasteiger partial charge in [0.25, 0.3) is 5.91 Å². The Morgan fingerprint density at radius 1 is 0.963 bits per heavy atom. The first-order valence-corrected chi connectivity index (χ1v) is 8.64. The molecule has 0 unspecified atom stereocenters. The summed E-state index contributed by atoms with van der Waals surface area (Å²) in [5, 5.41) is 21.5. The van der Waals surface area contributed by atoms with E-state index in [0.29, 0.717) is 16.0 Å². The van der Waals surface area contributed by atoms with Gasteiger partial charge in [-0.3, -0.25) is 4.79 Å². The first kappa shape index (κ1) is 18.5. The van der Waals surface area contributed by atoms with Crippen LogP contribution in [0.15, 0.2) is 71.2 Å². The molecule has 6 nitrogen and oxygen atoms in total. The van der Waals surface area contributed by atoms with Gasteiger partial charge in [0.1, 0.15) is 22.8 Å². The van der Waals surface area contributed by atoms with Crippen LogP contribution in [0, 0.1) is 0 Å². The van der Waals surface area contributed by atoms with E-state index in [-0.39, 0.29) is 16.8 Å². The Balaban J connectivity index is 1.87. The number of carbonyl (C=O) groups is 2. The van der Waals surface area contributed by atoms with Crippen LogP contribution in [0.5, 0.6) is 17.2 Å². The lowest BCUT2D eigenvalue weighted by Crippen LogP contribution is -2.15. The van der Waals surface area contributed by atoms with Crippen molar-refractivity contribution in [1.29, 1.82) is 0 Å². The van der Waals surface area contributed by atoms with E-state index in [1.54, 1.807) is 24.3 Å². The third-order valence-corrected chi connectivity index (χ3v) is 4.32. The SMILES string of the molecule is O=C(Nc1cccc(O)c1C(=O)O)c1ccc(Br)c(Oc2ccccc2)c1. The number of carboxylic acids is 1. The first-order valence-electron chi connectivity index (χ1n) is 7.85. The molecule has 0 saturated carbocycles. The number of carboxylic acid groups (broad SMARTS) is 1. The average Bonchev–Trinajstić information content (AvgIpc) is 2.64. The van der Waals surface area contributed by atoms with Crippen molar-refractivity contribution in [3.63, 3.8) is 0 Å². The molecule has 7 heteroatoms. The van der Waals surface area contributed by atoms with Crippen LogP contribution in [0.2, 0.25) is 0 Å². The molecule has 136 valence electrons. The third kappa shape index (κ3) is 4.27. The van der Waals surface area contributed by atoms with E-state index in [9.17, 15) is 19.8 Å². The molecule has 3 aromatic rings. The van der Waals surface area contributed by atoms with Crippen LogP contribution in [0.3, 0.4) is 0 Å². The van der Waals surface area contributed by atoms with Gasteiger partial charge >= 0.3 is 5.97 Å². The summed E-state index contributed by atoms with van der Waals surface area (Å²) < 4.78 is 6.43. The molecule has 0 fully saturated rings. The molecule has 0 aliphatic rings. The molecule has 0 atom stereocenters. The van der Waals surface area contributed by atoms with Crippen molar-refractivity contribution in [2.75, 3.05) is 5.32 Å². The Bertz CT molecular complexity index is 1000. The molecule has 3 aromatic carbocycles. The second kappa shape index (κ2) is 7.92. The number of aromatic carboxylic acids is 1. The van der Waals surface area contributed by atoms with E-state index in [2.05, 4.69) is 21.2 Å². The Kier molecular flexibility index (Phi) is 5.42. The number of anilines is 1. The number of hydrogen-bond acceptors (Lipinski definition) is 4. The topological polar surface area (TPSA) is 95.9 Å². The summed E-state index contributed by atoms with van der Waals surface area (Å²) in [5.74, 6) is -1.26. The number of phenols is 1. The summed E-state index contributed by atoms with van der Waals surface area (Å²) in [4.78, 5) is 23.9. The number of ether oxygens (including phenoxy) is 1. The lowest BCUT2D eigenvalue weighted by Gasteiger charge is -2.12. The van der Waals surface area contributed by atoms with Crippen molar-refractivity contribution in [3.05, 3.63) is 82.3 Å². The number of carbonyl (C=O) groups excluding carboxylic acids is 1. The largest absolute Gasteiger partial charge is 0.507 e. The van der Waals surface area contributed by atoms with E-state index in [1.165, 1.54) is 24.3 Å². The highest BCUT2D eigenvalue weighted by atomic mass is 79.9. The van der Waals surface area contributed by atoms with Crippen molar-refractivity contribution < 1.29 is 24.5 Å². The minimum Gasteiger partial charge on any atom is -0.507 e. The lowest BCUT2D eigenvalue weighted by molar-refractivity contribution is 0.0695. The van der Waals surface area contributed by atoms with Crippen molar-refractivity contribution in [2.24, 2.45) is 0 Å². The predicted octanol–water partition coefficient (Wildman–Crippen LogP) is 4.90. The summed E-state index contributed by atoms with van der Waals surface area (Å²) in [6.45, 7) is 0. The summed E-state index contributed by atoms with van der Waals surface area (Å²) in [6.07, 6.45) is 0. The molecule has 0 aromatic heterocycles. The molecule has 3 rings (SSSR count). The summed E-state index contributed by atoms with van der Waals surface area (Å²) in [7, 11) is 0. The van der Waals surface area contributed by atoms with Crippen molar-refractivity contribution >= 4 is 33.5 Å². The fraction of sp³-hybridized carbons (Fsp3) is 0. The van der Waals surface area contributed by atoms with Gasteiger partial charge in [-0.2, -0.15) is 0 Å². The van der Waals surface area contributed by atoms with Crippen molar-refractivity contribution in [3.8, 4) is 17.2 Å². The standard InChI is InChI=1S/C20H14BrNO5/c21-14-10-9-12(11-17(14)27-13-5-2-1-3-6-13)19(24)22-15-7-4-8-16(23)18(15)20(25)26/h1-11,23H,(H,22,24)(H,25,26). The summed E-state index contributed by atoms with van der Waals surface area (Å²) in [5.41, 5.74) is -0.103. The second-order valence-electron chi connectivity index (χ2n) is 5.52. The van der Waals surface area contributed by atoms with Crippen LogP contribution in [-0.4, -0.2) is 22.1 Å². The van der Waals surface area contributed by atoms with Gasteiger partial charge in [0, 0.05) is 5.56 Å². The van der Waals surface area contributed by atoms with Gasteiger partial charge in [0.2, 0.25) is 0 Å². The average molecular weight is 428 g/mol. The van der Waals surface area contributed by atoms with Crippen LogP contribution in [0.25, 0.3) is 0 Å². The molecule has 0 saturated heterocycles. The van der Waals surface area contributed by atoms with E-state index in [0.717, 1.165) is 0 Å². The van der Waals surface area contributed by atoms with Gasteiger partial charge in [0.05, 0.1) is 10.2 Å². The molecule has 27 heavy (non-hydrogen) atoms. The molecular weight excluding hydrogens is 414 g/mol. The number of rotatable bonds is 5. The molecule has 0 aliphatic heterocycles. The Morgan fingerprint density at radius 3 is 2.41 bits per heavy atom. The molecule has 1 amide bonds. The smallest absolute Gasteiger partial charge is 0.341 e.